The zero-order valence-corrected chi connectivity index (χ0v) is 19.4. The molecule has 184 valence electrons. The van der Waals surface area contributed by atoms with Crippen molar-refractivity contribution in [2.45, 2.75) is 70.1 Å². The molecule has 0 radical (unpaired) electrons. The van der Waals surface area contributed by atoms with E-state index in [2.05, 4.69) is 28.6 Å². The second-order valence-electron chi connectivity index (χ2n) is 7.90. The van der Waals surface area contributed by atoms with Gasteiger partial charge in [-0.1, -0.05) is 13.8 Å². The number of carbonyl (C=O) groups is 5. The third-order valence-corrected chi connectivity index (χ3v) is 4.84. The summed E-state index contributed by atoms with van der Waals surface area (Å²) in [6, 6.07) is -4.62. The van der Waals surface area contributed by atoms with Gasteiger partial charge < -0.3 is 38.3 Å². The van der Waals surface area contributed by atoms with Crippen molar-refractivity contribution in [1.29, 1.82) is 0 Å². The van der Waals surface area contributed by atoms with Gasteiger partial charge in [0, 0.05) is 5.75 Å². The molecule has 0 bridgehead atoms. The van der Waals surface area contributed by atoms with Gasteiger partial charge in [-0.05, 0) is 38.1 Å². The molecule has 32 heavy (non-hydrogen) atoms. The van der Waals surface area contributed by atoms with Crippen LogP contribution in [0.25, 0.3) is 0 Å². The van der Waals surface area contributed by atoms with Crippen LogP contribution in [0.15, 0.2) is 0 Å². The molecule has 0 aliphatic heterocycles. The molecule has 0 saturated carbocycles. The lowest BCUT2D eigenvalue weighted by molar-refractivity contribution is -0.142. The van der Waals surface area contributed by atoms with Gasteiger partial charge in [0.25, 0.3) is 0 Å². The number of carboxylic acid groups (broad SMARTS) is 1. The smallest absolute Gasteiger partial charge is 0.326 e. The van der Waals surface area contributed by atoms with Gasteiger partial charge in [-0.2, -0.15) is 12.6 Å². The van der Waals surface area contributed by atoms with Crippen LogP contribution in [0.1, 0.15) is 46.0 Å². The van der Waals surface area contributed by atoms with Gasteiger partial charge in [0.15, 0.2) is 0 Å². The molecule has 0 rings (SSSR count). The van der Waals surface area contributed by atoms with Crippen molar-refractivity contribution in [3.8, 4) is 0 Å². The number of carbonyl (C=O) groups excluding carboxylic acids is 4. The highest BCUT2D eigenvalue weighted by Gasteiger charge is 2.30. The molecule has 0 fully saturated rings. The van der Waals surface area contributed by atoms with Crippen LogP contribution in [0.4, 0.5) is 0 Å². The van der Waals surface area contributed by atoms with Crippen LogP contribution in [0.5, 0.6) is 0 Å². The van der Waals surface area contributed by atoms with Gasteiger partial charge in [-0.3, -0.25) is 19.2 Å². The van der Waals surface area contributed by atoms with Crippen LogP contribution in [-0.4, -0.2) is 71.2 Å². The average molecular weight is 477 g/mol. The summed E-state index contributed by atoms with van der Waals surface area (Å²) in [5.74, 6) is -4.36. The number of nitrogens with one attached hydrogen (secondary N) is 3. The van der Waals surface area contributed by atoms with Crippen LogP contribution in [0, 0.1) is 5.92 Å². The van der Waals surface area contributed by atoms with Gasteiger partial charge in [-0.15, -0.1) is 0 Å². The van der Waals surface area contributed by atoms with Gasteiger partial charge in [0.2, 0.25) is 23.6 Å². The normalized spacial score (nSPS) is 14.7. The maximum Gasteiger partial charge on any atom is 0.326 e. The molecule has 0 aliphatic rings. The third-order valence-electron chi connectivity index (χ3n) is 4.48. The van der Waals surface area contributed by atoms with Crippen molar-refractivity contribution in [3.63, 3.8) is 0 Å². The van der Waals surface area contributed by atoms with E-state index in [1.54, 1.807) is 0 Å². The van der Waals surface area contributed by atoms with E-state index in [0.29, 0.717) is 25.8 Å². The first-order chi connectivity index (χ1) is 14.9. The first-order valence-electron chi connectivity index (χ1n) is 10.4. The summed E-state index contributed by atoms with van der Waals surface area (Å²) in [4.78, 5) is 60.2. The lowest BCUT2D eigenvalue weighted by Crippen LogP contribution is -2.58. The predicted molar refractivity (Wildman–Crippen MR) is 121 cm³/mol. The molecule has 0 saturated heterocycles. The lowest BCUT2D eigenvalue weighted by atomic mass is 10.0. The molecule has 4 unspecified atom stereocenters. The highest BCUT2D eigenvalue weighted by atomic mass is 32.1. The van der Waals surface area contributed by atoms with Crippen molar-refractivity contribution >= 4 is 42.2 Å². The van der Waals surface area contributed by atoms with E-state index >= 15 is 0 Å². The van der Waals surface area contributed by atoms with E-state index in [9.17, 15) is 29.1 Å². The Balaban J connectivity index is 5.19. The molecule has 4 atom stereocenters. The molecule has 0 aromatic heterocycles. The van der Waals surface area contributed by atoms with E-state index < -0.39 is 60.2 Å². The van der Waals surface area contributed by atoms with Gasteiger partial charge in [0.05, 0.1) is 12.5 Å². The van der Waals surface area contributed by atoms with Crippen LogP contribution in [-0.2, 0) is 24.0 Å². The Bertz CT molecular complexity index is 662. The molecular weight excluding hydrogens is 440 g/mol. The Labute approximate surface area is 193 Å². The number of thiol groups is 1. The lowest BCUT2D eigenvalue weighted by Gasteiger charge is -2.24. The van der Waals surface area contributed by atoms with Crippen molar-refractivity contribution in [1.82, 2.24) is 16.0 Å². The number of unbranched alkanes of at least 4 members (excludes halogenated alkanes) is 1. The number of amides is 4. The van der Waals surface area contributed by atoms with Crippen LogP contribution in [0.2, 0.25) is 0 Å². The second kappa shape index (κ2) is 15.4. The number of nitrogens with two attached hydrogens (primary N) is 3. The minimum atomic E-state index is -1.35. The van der Waals surface area contributed by atoms with E-state index in [4.69, 9.17) is 17.2 Å². The topological polar surface area (TPSA) is 220 Å². The minimum Gasteiger partial charge on any atom is -0.480 e. The largest absolute Gasteiger partial charge is 0.480 e. The fourth-order valence-corrected chi connectivity index (χ4v) is 3.05. The van der Waals surface area contributed by atoms with Gasteiger partial charge >= 0.3 is 5.97 Å². The monoisotopic (exact) mass is 476 g/mol. The Morgan fingerprint density at radius 3 is 1.91 bits per heavy atom. The maximum atomic E-state index is 12.6. The first kappa shape index (κ1) is 29.6. The van der Waals surface area contributed by atoms with E-state index in [-0.39, 0.29) is 18.1 Å². The summed E-state index contributed by atoms with van der Waals surface area (Å²) in [5.41, 5.74) is 16.4. The standard InChI is InChI=1S/C19H36N6O6S/c1-10(2)7-11(21)16(27)24-13(8-15(22)26)17(28)25-14(9-32)18(29)23-12(19(30)31)5-3-4-6-20/h10-14,32H,3-9,20-21H2,1-2H3,(H2,22,26)(H,23,29)(H,24,27)(H,25,28)(H,30,31). The fraction of sp³-hybridized carbons (Fsp3) is 0.737. The molecule has 0 aliphatic carbocycles. The van der Waals surface area contributed by atoms with Crippen LogP contribution < -0.4 is 33.2 Å². The molecule has 0 aromatic carbocycles. The second-order valence-corrected chi connectivity index (χ2v) is 8.26. The molecule has 10 N–H and O–H groups in total. The molecule has 0 spiro atoms. The average Bonchev–Trinajstić information content (AvgIpc) is 2.69. The molecule has 13 heteroatoms. The zero-order chi connectivity index (χ0) is 24.8. The van der Waals surface area contributed by atoms with E-state index in [1.165, 1.54) is 0 Å². The number of hydrogen-bond acceptors (Lipinski definition) is 8. The van der Waals surface area contributed by atoms with Crippen LogP contribution >= 0.6 is 12.6 Å². The van der Waals surface area contributed by atoms with Crippen molar-refractivity contribution < 1.29 is 29.1 Å². The van der Waals surface area contributed by atoms with E-state index in [1.807, 2.05) is 13.8 Å². The van der Waals surface area contributed by atoms with Crippen molar-refractivity contribution in [3.05, 3.63) is 0 Å². The molecular formula is C19H36N6O6S. The number of aliphatic carboxylic acids is 1. The predicted octanol–water partition coefficient (Wildman–Crippen LogP) is -2.17. The number of rotatable bonds is 16. The van der Waals surface area contributed by atoms with Crippen LogP contribution in [0.3, 0.4) is 0 Å². The van der Waals surface area contributed by atoms with E-state index in [0.717, 1.165) is 0 Å². The molecule has 12 nitrogen and oxygen atoms in total. The van der Waals surface area contributed by atoms with Crippen molar-refractivity contribution in [2.24, 2.45) is 23.1 Å². The number of hydrogen-bond donors (Lipinski definition) is 8. The third kappa shape index (κ3) is 11.9. The SMILES string of the molecule is CC(C)CC(N)C(=O)NC(CC(N)=O)C(=O)NC(CS)C(=O)NC(CCCCN)C(=O)O. The summed E-state index contributed by atoms with van der Waals surface area (Å²) in [6.07, 6.45) is 1.11. The Hall–Kier alpha value is -2.38. The maximum absolute atomic E-state index is 12.6. The van der Waals surface area contributed by atoms with Crippen molar-refractivity contribution in [2.75, 3.05) is 12.3 Å². The zero-order valence-electron chi connectivity index (χ0n) is 18.5. The molecule has 0 heterocycles. The summed E-state index contributed by atoms with van der Waals surface area (Å²) in [7, 11) is 0. The Kier molecular flexibility index (Phi) is 14.3. The number of carboxylic acids is 1. The Morgan fingerprint density at radius 1 is 0.906 bits per heavy atom. The molecule has 4 amide bonds. The van der Waals surface area contributed by atoms with Gasteiger partial charge in [-0.25, -0.2) is 4.79 Å². The van der Waals surface area contributed by atoms with Gasteiger partial charge in [0.1, 0.15) is 18.1 Å². The summed E-state index contributed by atoms with van der Waals surface area (Å²) in [6.45, 7) is 4.14. The number of primary amides is 1. The molecule has 0 aromatic rings. The fourth-order valence-electron chi connectivity index (χ4n) is 2.79. The summed E-state index contributed by atoms with van der Waals surface area (Å²) < 4.78 is 0. The first-order valence-corrected chi connectivity index (χ1v) is 11.0. The summed E-state index contributed by atoms with van der Waals surface area (Å²) in [5, 5.41) is 16.4. The Morgan fingerprint density at radius 2 is 1.44 bits per heavy atom. The quantitative estimate of drug-likeness (QED) is 0.0902. The highest BCUT2D eigenvalue weighted by Crippen LogP contribution is 2.05. The summed E-state index contributed by atoms with van der Waals surface area (Å²) >= 11 is 4.03. The minimum absolute atomic E-state index is 0.128. The highest BCUT2D eigenvalue weighted by molar-refractivity contribution is 7.80.